The van der Waals surface area contributed by atoms with Gasteiger partial charge >= 0.3 is 5.97 Å². The molecule has 0 spiro atoms. The van der Waals surface area contributed by atoms with Crippen LogP contribution in [0.1, 0.15) is 18.4 Å². The minimum absolute atomic E-state index is 0.0279. The van der Waals surface area contributed by atoms with Gasteiger partial charge < -0.3 is 5.11 Å². The fraction of sp³-hybridized carbons (Fsp3) is 0.300. The highest BCUT2D eigenvalue weighted by Crippen LogP contribution is 2.22. The SMILES string of the molecule is CC(C(=O)O)c1ccc(S(C)(=O)=O)cc1F. The number of hydrogen-bond donors (Lipinski definition) is 1. The molecule has 0 saturated carbocycles. The number of benzene rings is 1. The Morgan fingerprint density at radius 1 is 1.44 bits per heavy atom. The van der Waals surface area contributed by atoms with E-state index in [1.54, 1.807) is 0 Å². The first kappa shape index (κ1) is 12.6. The van der Waals surface area contributed by atoms with Crippen LogP contribution in [-0.2, 0) is 14.6 Å². The van der Waals surface area contributed by atoms with Crippen molar-refractivity contribution >= 4 is 15.8 Å². The van der Waals surface area contributed by atoms with Crippen molar-refractivity contribution in [2.45, 2.75) is 17.7 Å². The van der Waals surface area contributed by atoms with Gasteiger partial charge in [-0.2, -0.15) is 0 Å². The average molecular weight is 246 g/mol. The lowest BCUT2D eigenvalue weighted by atomic mass is 10.0. The van der Waals surface area contributed by atoms with Crippen molar-refractivity contribution in [3.05, 3.63) is 29.6 Å². The first-order chi connectivity index (χ1) is 7.23. The molecule has 0 radical (unpaired) electrons. The summed E-state index contributed by atoms with van der Waals surface area (Å²) in [5.74, 6) is -2.99. The van der Waals surface area contributed by atoms with Gasteiger partial charge in [0.15, 0.2) is 9.84 Å². The molecular formula is C10H11FO4S. The van der Waals surface area contributed by atoms with Crippen LogP contribution >= 0.6 is 0 Å². The molecule has 0 bridgehead atoms. The molecule has 0 aliphatic heterocycles. The van der Waals surface area contributed by atoms with Crippen LogP contribution in [0.2, 0.25) is 0 Å². The van der Waals surface area contributed by atoms with E-state index in [0.29, 0.717) is 0 Å². The number of carboxylic acids is 1. The fourth-order valence-corrected chi connectivity index (χ4v) is 1.86. The minimum Gasteiger partial charge on any atom is -0.481 e. The van der Waals surface area contributed by atoms with Gasteiger partial charge in [-0.05, 0) is 19.1 Å². The Morgan fingerprint density at radius 2 is 2.00 bits per heavy atom. The van der Waals surface area contributed by atoms with E-state index in [1.807, 2.05) is 0 Å². The number of carboxylic acid groups (broad SMARTS) is 1. The second kappa shape index (κ2) is 4.21. The van der Waals surface area contributed by atoms with Crippen molar-refractivity contribution in [2.24, 2.45) is 0 Å². The van der Waals surface area contributed by atoms with Gasteiger partial charge in [0.05, 0.1) is 10.8 Å². The Balaban J connectivity index is 3.25. The first-order valence-corrected chi connectivity index (χ1v) is 6.35. The summed E-state index contributed by atoms with van der Waals surface area (Å²) in [6.07, 6.45) is 0.960. The lowest BCUT2D eigenvalue weighted by molar-refractivity contribution is -0.138. The highest BCUT2D eigenvalue weighted by atomic mass is 32.2. The lowest BCUT2D eigenvalue weighted by Crippen LogP contribution is -2.10. The third-order valence-corrected chi connectivity index (χ3v) is 3.35. The van der Waals surface area contributed by atoms with Crippen molar-refractivity contribution in [1.82, 2.24) is 0 Å². The van der Waals surface area contributed by atoms with Gasteiger partial charge in [-0.25, -0.2) is 12.8 Å². The van der Waals surface area contributed by atoms with Crippen LogP contribution in [0.4, 0.5) is 4.39 Å². The Morgan fingerprint density at radius 3 is 2.38 bits per heavy atom. The van der Waals surface area contributed by atoms with Crippen LogP contribution in [0.5, 0.6) is 0 Å². The molecule has 1 rings (SSSR count). The summed E-state index contributed by atoms with van der Waals surface area (Å²) in [7, 11) is -3.48. The molecule has 1 unspecified atom stereocenters. The minimum atomic E-state index is -3.48. The molecule has 0 aliphatic carbocycles. The van der Waals surface area contributed by atoms with Gasteiger partial charge in [0.25, 0.3) is 0 Å². The quantitative estimate of drug-likeness (QED) is 0.875. The summed E-state index contributed by atoms with van der Waals surface area (Å²) in [6, 6.07) is 3.22. The molecule has 16 heavy (non-hydrogen) atoms. The monoisotopic (exact) mass is 246 g/mol. The molecule has 0 fully saturated rings. The number of carbonyl (C=O) groups is 1. The first-order valence-electron chi connectivity index (χ1n) is 4.46. The Bertz CT molecular complexity index is 522. The molecule has 1 aromatic rings. The zero-order chi connectivity index (χ0) is 12.5. The van der Waals surface area contributed by atoms with Gasteiger partial charge in [0.1, 0.15) is 5.82 Å². The van der Waals surface area contributed by atoms with Crippen LogP contribution in [0.25, 0.3) is 0 Å². The van der Waals surface area contributed by atoms with Crippen LogP contribution in [0.15, 0.2) is 23.1 Å². The van der Waals surface area contributed by atoms with E-state index in [4.69, 9.17) is 5.11 Å². The third kappa shape index (κ3) is 2.57. The fourth-order valence-electron chi connectivity index (χ4n) is 1.22. The number of hydrogen-bond acceptors (Lipinski definition) is 3. The topological polar surface area (TPSA) is 71.4 Å². The molecular weight excluding hydrogens is 235 g/mol. The summed E-state index contributed by atoms with van der Waals surface area (Å²) in [4.78, 5) is 10.5. The molecule has 88 valence electrons. The van der Waals surface area contributed by atoms with Crippen molar-refractivity contribution in [2.75, 3.05) is 6.26 Å². The van der Waals surface area contributed by atoms with Crippen molar-refractivity contribution in [3.8, 4) is 0 Å². The second-order valence-corrected chi connectivity index (χ2v) is 5.53. The lowest BCUT2D eigenvalue weighted by Gasteiger charge is -2.08. The number of halogens is 1. The van der Waals surface area contributed by atoms with Crippen molar-refractivity contribution < 1.29 is 22.7 Å². The molecule has 0 aromatic heterocycles. The van der Waals surface area contributed by atoms with E-state index < -0.39 is 27.5 Å². The molecule has 4 nitrogen and oxygen atoms in total. The largest absolute Gasteiger partial charge is 0.481 e. The maximum atomic E-state index is 13.5. The second-order valence-electron chi connectivity index (χ2n) is 3.52. The number of sulfone groups is 1. The van der Waals surface area contributed by atoms with E-state index in [1.165, 1.54) is 19.1 Å². The Kier molecular flexibility index (Phi) is 3.32. The van der Waals surface area contributed by atoms with Gasteiger partial charge in [0, 0.05) is 11.8 Å². The maximum absolute atomic E-state index is 13.5. The van der Waals surface area contributed by atoms with Crippen molar-refractivity contribution in [3.63, 3.8) is 0 Å². The standard InChI is InChI=1S/C10H11FO4S/c1-6(10(12)13)8-4-3-7(5-9(8)11)16(2,14)15/h3-6H,1-2H3,(H,12,13). The molecule has 1 atom stereocenters. The average Bonchev–Trinajstić information content (AvgIpc) is 2.15. The van der Waals surface area contributed by atoms with Gasteiger partial charge in [-0.15, -0.1) is 0 Å². The predicted molar refractivity (Wildman–Crippen MR) is 55.6 cm³/mol. The Hall–Kier alpha value is -1.43. The van der Waals surface area contributed by atoms with E-state index in [0.717, 1.165) is 12.3 Å². The van der Waals surface area contributed by atoms with E-state index in [2.05, 4.69) is 0 Å². The molecule has 0 aliphatic rings. The maximum Gasteiger partial charge on any atom is 0.310 e. The van der Waals surface area contributed by atoms with Crippen molar-refractivity contribution in [1.29, 1.82) is 0 Å². The van der Waals surface area contributed by atoms with E-state index in [9.17, 15) is 17.6 Å². The third-order valence-electron chi connectivity index (χ3n) is 2.24. The smallest absolute Gasteiger partial charge is 0.310 e. The molecule has 6 heteroatoms. The summed E-state index contributed by atoms with van der Waals surface area (Å²) in [5, 5.41) is 8.70. The number of rotatable bonds is 3. The molecule has 0 heterocycles. The van der Waals surface area contributed by atoms with Crippen LogP contribution in [0, 0.1) is 5.82 Å². The zero-order valence-corrected chi connectivity index (χ0v) is 9.58. The normalized spacial score (nSPS) is 13.4. The van der Waals surface area contributed by atoms with Gasteiger partial charge in [0.2, 0.25) is 0 Å². The highest BCUT2D eigenvalue weighted by molar-refractivity contribution is 7.90. The Labute approximate surface area is 92.6 Å². The molecule has 0 saturated heterocycles. The summed E-state index contributed by atoms with van der Waals surface area (Å²) in [5.41, 5.74) is -0.0279. The molecule has 1 aromatic carbocycles. The highest BCUT2D eigenvalue weighted by Gasteiger charge is 2.19. The molecule has 1 N–H and O–H groups in total. The van der Waals surface area contributed by atoms with Crippen LogP contribution < -0.4 is 0 Å². The predicted octanol–water partition coefficient (Wildman–Crippen LogP) is 1.42. The summed E-state index contributed by atoms with van der Waals surface area (Å²) < 4.78 is 35.7. The zero-order valence-electron chi connectivity index (χ0n) is 8.77. The van der Waals surface area contributed by atoms with Gasteiger partial charge in [-0.3, -0.25) is 4.79 Å². The van der Waals surface area contributed by atoms with E-state index >= 15 is 0 Å². The summed E-state index contributed by atoms with van der Waals surface area (Å²) >= 11 is 0. The molecule has 0 amide bonds. The number of aliphatic carboxylic acids is 1. The van der Waals surface area contributed by atoms with Gasteiger partial charge in [-0.1, -0.05) is 6.07 Å². The van der Waals surface area contributed by atoms with Crippen LogP contribution in [-0.4, -0.2) is 25.7 Å². The summed E-state index contributed by atoms with van der Waals surface area (Å²) in [6.45, 7) is 1.33. The van der Waals surface area contributed by atoms with Crippen LogP contribution in [0.3, 0.4) is 0 Å². The van der Waals surface area contributed by atoms with E-state index in [-0.39, 0.29) is 10.5 Å².